The van der Waals surface area contributed by atoms with Gasteiger partial charge in [0, 0.05) is 6.07 Å². The van der Waals surface area contributed by atoms with Crippen molar-refractivity contribution < 1.29 is 4.74 Å². The number of hydrogen-bond acceptors (Lipinski definition) is 2. The smallest absolute Gasteiger partial charge is 0.141 e. The Morgan fingerprint density at radius 2 is 1.89 bits per heavy atom. The van der Waals surface area contributed by atoms with Crippen molar-refractivity contribution in [1.29, 1.82) is 5.41 Å². The van der Waals surface area contributed by atoms with Crippen LogP contribution in [0.5, 0.6) is 11.5 Å². The Labute approximate surface area is 121 Å². The lowest BCUT2D eigenvalue weighted by Crippen LogP contribution is -2.12. The molecule has 0 atom stereocenters. The number of nitrogens with two attached hydrogens (primary N) is 1. The molecule has 3 nitrogen and oxygen atoms in total. The van der Waals surface area contributed by atoms with E-state index in [1.165, 1.54) is 0 Å². The van der Waals surface area contributed by atoms with Crippen LogP contribution in [0, 0.1) is 12.3 Å². The van der Waals surface area contributed by atoms with Gasteiger partial charge in [-0.2, -0.15) is 0 Å². The average molecular weight is 295 g/mol. The Bertz CT molecular complexity index is 641. The van der Waals surface area contributed by atoms with E-state index in [-0.39, 0.29) is 5.84 Å². The molecule has 0 spiro atoms. The predicted molar refractivity (Wildman–Crippen MR) is 78.7 cm³/mol. The third-order valence-corrected chi connectivity index (χ3v) is 3.35. The van der Waals surface area contributed by atoms with Gasteiger partial charge >= 0.3 is 0 Å². The van der Waals surface area contributed by atoms with Crippen molar-refractivity contribution in [3.63, 3.8) is 0 Å². The Kier molecular flexibility index (Phi) is 3.98. The Hall–Kier alpha value is -1.71. The molecule has 3 N–H and O–H groups in total. The summed E-state index contributed by atoms with van der Waals surface area (Å²) in [7, 11) is 0. The SMILES string of the molecule is Cc1cccc(C(=N)N)c1Oc1ccc(Cl)c(Cl)c1. The maximum Gasteiger partial charge on any atom is 0.141 e. The van der Waals surface area contributed by atoms with E-state index in [2.05, 4.69) is 0 Å². The first-order valence-corrected chi connectivity index (χ1v) is 6.31. The van der Waals surface area contributed by atoms with Crippen LogP contribution in [0.3, 0.4) is 0 Å². The molecule has 98 valence electrons. The van der Waals surface area contributed by atoms with Crippen LogP contribution < -0.4 is 10.5 Å². The molecule has 2 aromatic carbocycles. The van der Waals surface area contributed by atoms with Gasteiger partial charge in [0.25, 0.3) is 0 Å². The number of aryl methyl sites for hydroxylation is 1. The molecule has 0 radical (unpaired) electrons. The Morgan fingerprint density at radius 3 is 2.53 bits per heavy atom. The number of amidine groups is 1. The maximum absolute atomic E-state index is 7.57. The van der Waals surface area contributed by atoms with Crippen molar-refractivity contribution in [2.24, 2.45) is 5.73 Å². The summed E-state index contributed by atoms with van der Waals surface area (Å²) in [4.78, 5) is 0. The zero-order chi connectivity index (χ0) is 14.0. The second-order valence-electron chi connectivity index (χ2n) is 4.04. The number of ether oxygens (including phenoxy) is 1. The van der Waals surface area contributed by atoms with Gasteiger partial charge in [-0.3, -0.25) is 5.41 Å². The molecule has 0 aliphatic rings. The van der Waals surface area contributed by atoms with Crippen LogP contribution in [-0.4, -0.2) is 5.84 Å². The highest BCUT2D eigenvalue weighted by molar-refractivity contribution is 6.42. The number of para-hydroxylation sites is 1. The molecule has 0 fully saturated rings. The third-order valence-electron chi connectivity index (χ3n) is 2.61. The molecule has 2 rings (SSSR count). The molecule has 0 bridgehead atoms. The fraction of sp³-hybridized carbons (Fsp3) is 0.0714. The first kappa shape index (κ1) is 13.7. The van der Waals surface area contributed by atoms with Crippen LogP contribution in [0.2, 0.25) is 10.0 Å². The van der Waals surface area contributed by atoms with Crippen LogP contribution >= 0.6 is 23.2 Å². The second-order valence-corrected chi connectivity index (χ2v) is 4.86. The monoisotopic (exact) mass is 294 g/mol. The topological polar surface area (TPSA) is 59.1 Å². The largest absolute Gasteiger partial charge is 0.456 e. The third kappa shape index (κ3) is 3.00. The van der Waals surface area contributed by atoms with Crippen molar-refractivity contribution in [2.45, 2.75) is 6.92 Å². The molecule has 0 amide bonds. The van der Waals surface area contributed by atoms with E-state index in [1.807, 2.05) is 19.1 Å². The summed E-state index contributed by atoms with van der Waals surface area (Å²) >= 11 is 11.8. The molecule has 0 heterocycles. The molecular weight excluding hydrogens is 283 g/mol. The van der Waals surface area contributed by atoms with E-state index >= 15 is 0 Å². The standard InChI is InChI=1S/C14H12Cl2N2O/c1-8-3-2-4-10(14(17)18)13(8)19-9-5-6-11(15)12(16)7-9/h2-7H,1H3,(H3,17,18). The quantitative estimate of drug-likeness (QED) is 0.652. The highest BCUT2D eigenvalue weighted by Gasteiger charge is 2.11. The zero-order valence-electron chi connectivity index (χ0n) is 10.2. The molecule has 0 aromatic heterocycles. The van der Waals surface area contributed by atoms with Crippen LogP contribution in [-0.2, 0) is 0 Å². The lowest BCUT2D eigenvalue weighted by Gasteiger charge is -2.13. The molecule has 5 heteroatoms. The summed E-state index contributed by atoms with van der Waals surface area (Å²) in [6, 6.07) is 10.4. The maximum atomic E-state index is 7.57. The van der Waals surface area contributed by atoms with E-state index in [9.17, 15) is 0 Å². The van der Waals surface area contributed by atoms with E-state index in [1.54, 1.807) is 24.3 Å². The van der Waals surface area contributed by atoms with E-state index in [0.717, 1.165) is 5.56 Å². The highest BCUT2D eigenvalue weighted by atomic mass is 35.5. The van der Waals surface area contributed by atoms with Crippen LogP contribution in [0.25, 0.3) is 0 Å². The van der Waals surface area contributed by atoms with Crippen molar-refractivity contribution in [3.05, 3.63) is 57.6 Å². The van der Waals surface area contributed by atoms with Crippen LogP contribution in [0.15, 0.2) is 36.4 Å². The minimum Gasteiger partial charge on any atom is -0.456 e. The molecule has 0 aliphatic heterocycles. The summed E-state index contributed by atoms with van der Waals surface area (Å²) in [5.74, 6) is 1.05. The van der Waals surface area contributed by atoms with Crippen molar-refractivity contribution in [2.75, 3.05) is 0 Å². The first-order chi connectivity index (χ1) is 8.99. The lowest BCUT2D eigenvalue weighted by molar-refractivity contribution is 0.478. The van der Waals surface area contributed by atoms with Crippen molar-refractivity contribution >= 4 is 29.0 Å². The Morgan fingerprint density at radius 1 is 1.16 bits per heavy atom. The summed E-state index contributed by atoms with van der Waals surface area (Å²) in [6.07, 6.45) is 0. The van der Waals surface area contributed by atoms with Gasteiger partial charge in [0.2, 0.25) is 0 Å². The van der Waals surface area contributed by atoms with Gasteiger partial charge in [-0.25, -0.2) is 0 Å². The normalized spacial score (nSPS) is 10.3. The fourth-order valence-electron chi connectivity index (χ4n) is 1.66. The average Bonchev–Trinajstić information content (AvgIpc) is 2.36. The highest BCUT2D eigenvalue weighted by Crippen LogP contribution is 2.32. The van der Waals surface area contributed by atoms with Crippen molar-refractivity contribution in [3.8, 4) is 11.5 Å². The van der Waals surface area contributed by atoms with E-state index in [0.29, 0.717) is 27.1 Å². The summed E-state index contributed by atoms with van der Waals surface area (Å²) in [6.45, 7) is 1.89. The number of halogens is 2. The summed E-state index contributed by atoms with van der Waals surface area (Å²) in [5, 5.41) is 8.44. The number of hydrogen-bond donors (Lipinski definition) is 2. The number of benzene rings is 2. The molecule has 0 aliphatic carbocycles. The minimum atomic E-state index is -0.0428. The second kappa shape index (κ2) is 5.51. The predicted octanol–water partition coefficient (Wildman–Crippen LogP) is 4.38. The van der Waals surface area contributed by atoms with Crippen LogP contribution in [0.4, 0.5) is 0 Å². The minimum absolute atomic E-state index is 0.0428. The Balaban J connectivity index is 2.42. The molecule has 2 aromatic rings. The van der Waals surface area contributed by atoms with Gasteiger partial charge in [0.1, 0.15) is 17.3 Å². The van der Waals surface area contributed by atoms with Gasteiger partial charge in [-0.05, 0) is 30.7 Å². The molecular formula is C14H12Cl2N2O. The summed E-state index contributed by atoms with van der Waals surface area (Å²) < 4.78 is 5.77. The van der Waals surface area contributed by atoms with Gasteiger partial charge in [0.15, 0.2) is 0 Å². The molecule has 19 heavy (non-hydrogen) atoms. The van der Waals surface area contributed by atoms with Crippen LogP contribution in [0.1, 0.15) is 11.1 Å². The van der Waals surface area contributed by atoms with Gasteiger partial charge in [-0.15, -0.1) is 0 Å². The zero-order valence-corrected chi connectivity index (χ0v) is 11.7. The number of nitrogen functional groups attached to an aromatic ring is 1. The molecule has 0 unspecified atom stereocenters. The van der Waals surface area contributed by atoms with Gasteiger partial charge < -0.3 is 10.5 Å². The fourth-order valence-corrected chi connectivity index (χ4v) is 1.95. The van der Waals surface area contributed by atoms with E-state index in [4.69, 9.17) is 39.1 Å². The number of rotatable bonds is 3. The van der Waals surface area contributed by atoms with Gasteiger partial charge in [0.05, 0.1) is 15.6 Å². The summed E-state index contributed by atoms with van der Waals surface area (Å²) in [5.41, 5.74) is 6.98. The molecule has 0 saturated heterocycles. The van der Waals surface area contributed by atoms with Crippen molar-refractivity contribution in [1.82, 2.24) is 0 Å². The van der Waals surface area contributed by atoms with E-state index < -0.39 is 0 Å². The lowest BCUT2D eigenvalue weighted by atomic mass is 10.1. The first-order valence-electron chi connectivity index (χ1n) is 5.56. The van der Waals surface area contributed by atoms with Gasteiger partial charge in [-0.1, -0.05) is 35.3 Å². The number of nitrogens with one attached hydrogen (secondary N) is 1. The molecule has 0 saturated carbocycles.